The number of thioether (sulfide) groups is 1. The van der Waals surface area contributed by atoms with Gasteiger partial charge in [-0.05, 0) is 36.6 Å². The topological polar surface area (TPSA) is 66.4 Å². The third-order valence-corrected chi connectivity index (χ3v) is 3.81. The molecular weight excluding hydrogens is 286 g/mol. The van der Waals surface area contributed by atoms with Crippen LogP contribution in [0.3, 0.4) is 0 Å². The van der Waals surface area contributed by atoms with E-state index in [9.17, 15) is 9.59 Å². The zero-order chi connectivity index (χ0) is 16.0. The number of aliphatic carboxylic acids is 1. The molecule has 1 aromatic carbocycles. The number of carboxylic acids is 1. The molecule has 0 aliphatic rings. The molecule has 1 amide bonds. The van der Waals surface area contributed by atoms with E-state index in [-0.39, 0.29) is 11.8 Å². The summed E-state index contributed by atoms with van der Waals surface area (Å²) in [4.78, 5) is 24.3. The van der Waals surface area contributed by atoms with Crippen LogP contribution in [-0.2, 0) is 4.79 Å². The number of carbonyl (C=O) groups is 2. The average molecular weight is 309 g/mol. The van der Waals surface area contributed by atoms with Crippen molar-refractivity contribution in [2.24, 2.45) is 5.92 Å². The lowest BCUT2D eigenvalue weighted by molar-refractivity contribution is -0.139. The van der Waals surface area contributed by atoms with Crippen LogP contribution in [0.15, 0.2) is 29.2 Å². The SMILES string of the molecule is CC(C)C[C@@H](NC(=O)c1ccc(SC(C)C)cc1)C(=O)O. The largest absolute Gasteiger partial charge is 0.480 e. The van der Waals surface area contributed by atoms with Crippen LogP contribution in [0.5, 0.6) is 0 Å². The minimum Gasteiger partial charge on any atom is -0.480 e. The van der Waals surface area contributed by atoms with Gasteiger partial charge in [-0.25, -0.2) is 4.79 Å². The monoisotopic (exact) mass is 309 g/mol. The summed E-state index contributed by atoms with van der Waals surface area (Å²) < 4.78 is 0. The minimum atomic E-state index is -0.996. The number of benzene rings is 1. The highest BCUT2D eigenvalue weighted by Gasteiger charge is 2.21. The summed E-state index contributed by atoms with van der Waals surface area (Å²) in [5.41, 5.74) is 0.484. The van der Waals surface area contributed by atoms with Crippen molar-refractivity contribution in [3.63, 3.8) is 0 Å². The fraction of sp³-hybridized carbons (Fsp3) is 0.500. The Labute approximate surface area is 130 Å². The van der Waals surface area contributed by atoms with Gasteiger partial charge in [-0.1, -0.05) is 27.7 Å². The van der Waals surface area contributed by atoms with Crippen molar-refractivity contribution in [1.29, 1.82) is 0 Å². The van der Waals surface area contributed by atoms with E-state index >= 15 is 0 Å². The van der Waals surface area contributed by atoms with Crippen LogP contribution in [0.1, 0.15) is 44.5 Å². The normalized spacial score (nSPS) is 12.5. The molecule has 1 rings (SSSR count). The van der Waals surface area contributed by atoms with Gasteiger partial charge in [-0.15, -0.1) is 11.8 Å². The maximum atomic E-state index is 12.1. The van der Waals surface area contributed by atoms with Gasteiger partial charge in [-0.3, -0.25) is 4.79 Å². The Morgan fingerprint density at radius 3 is 2.14 bits per heavy atom. The predicted octanol–water partition coefficient (Wildman–Crippen LogP) is 3.42. The van der Waals surface area contributed by atoms with E-state index in [0.29, 0.717) is 17.2 Å². The summed E-state index contributed by atoms with van der Waals surface area (Å²) in [5.74, 6) is -1.13. The third kappa shape index (κ3) is 6.21. The summed E-state index contributed by atoms with van der Waals surface area (Å²) in [6.07, 6.45) is 0.419. The molecule has 0 unspecified atom stereocenters. The predicted molar refractivity (Wildman–Crippen MR) is 85.8 cm³/mol. The van der Waals surface area contributed by atoms with Gasteiger partial charge in [0.05, 0.1) is 0 Å². The van der Waals surface area contributed by atoms with E-state index in [0.717, 1.165) is 4.90 Å². The fourth-order valence-corrected chi connectivity index (χ4v) is 2.73. The van der Waals surface area contributed by atoms with Crippen molar-refractivity contribution in [3.05, 3.63) is 29.8 Å². The molecule has 4 nitrogen and oxygen atoms in total. The molecule has 0 fully saturated rings. The Bertz CT molecular complexity index is 483. The second-order valence-corrected chi connectivity index (χ2v) is 7.33. The molecule has 0 saturated heterocycles. The molecule has 21 heavy (non-hydrogen) atoms. The quantitative estimate of drug-likeness (QED) is 0.757. The molecule has 0 aliphatic heterocycles. The molecule has 116 valence electrons. The standard InChI is InChI=1S/C16H23NO3S/c1-10(2)9-14(16(19)20)17-15(18)12-5-7-13(8-6-12)21-11(3)4/h5-8,10-11,14H,9H2,1-4H3,(H,17,18)(H,19,20)/t14-/m1/s1. The zero-order valence-electron chi connectivity index (χ0n) is 12.9. The summed E-state index contributed by atoms with van der Waals surface area (Å²) in [5, 5.41) is 12.2. The van der Waals surface area contributed by atoms with E-state index < -0.39 is 12.0 Å². The van der Waals surface area contributed by atoms with Crippen molar-refractivity contribution in [3.8, 4) is 0 Å². The molecule has 0 saturated carbocycles. The first-order valence-electron chi connectivity index (χ1n) is 7.10. The summed E-state index contributed by atoms with van der Waals surface area (Å²) >= 11 is 1.72. The van der Waals surface area contributed by atoms with E-state index in [1.807, 2.05) is 26.0 Å². The Morgan fingerprint density at radius 2 is 1.71 bits per heavy atom. The van der Waals surface area contributed by atoms with E-state index in [4.69, 9.17) is 5.11 Å². The van der Waals surface area contributed by atoms with Crippen molar-refractivity contribution in [2.75, 3.05) is 0 Å². The number of rotatable bonds is 7. The Balaban J connectivity index is 2.71. The molecule has 0 aliphatic carbocycles. The van der Waals surface area contributed by atoms with Gasteiger partial charge in [-0.2, -0.15) is 0 Å². The highest BCUT2D eigenvalue weighted by Crippen LogP contribution is 2.22. The van der Waals surface area contributed by atoms with Crippen LogP contribution in [0.2, 0.25) is 0 Å². The molecule has 0 aromatic heterocycles. The number of hydrogen-bond donors (Lipinski definition) is 2. The highest BCUT2D eigenvalue weighted by molar-refractivity contribution is 7.99. The second kappa shape index (κ2) is 8.08. The van der Waals surface area contributed by atoms with Crippen LogP contribution in [-0.4, -0.2) is 28.3 Å². The molecule has 1 atom stereocenters. The Hall–Kier alpha value is -1.49. The molecule has 2 N–H and O–H groups in total. The lowest BCUT2D eigenvalue weighted by Gasteiger charge is -2.16. The lowest BCUT2D eigenvalue weighted by Crippen LogP contribution is -2.41. The van der Waals surface area contributed by atoms with Crippen LogP contribution in [0.25, 0.3) is 0 Å². The van der Waals surface area contributed by atoms with E-state index in [1.165, 1.54) is 0 Å². The Morgan fingerprint density at radius 1 is 1.14 bits per heavy atom. The Kier molecular flexibility index (Phi) is 6.75. The van der Waals surface area contributed by atoms with Gasteiger partial charge in [0.15, 0.2) is 0 Å². The summed E-state index contributed by atoms with van der Waals surface area (Å²) in [7, 11) is 0. The van der Waals surface area contributed by atoms with Gasteiger partial charge in [0.1, 0.15) is 6.04 Å². The summed E-state index contributed by atoms with van der Waals surface area (Å²) in [6.45, 7) is 8.07. The first-order valence-corrected chi connectivity index (χ1v) is 7.98. The smallest absolute Gasteiger partial charge is 0.326 e. The number of amides is 1. The van der Waals surface area contributed by atoms with Crippen molar-refractivity contribution in [2.45, 2.75) is 50.3 Å². The molecule has 5 heteroatoms. The van der Waals surface area contributed by atoms with Gasteiger partial charge in [0.2, 0.25) is 0 Å². The average Bonchev–Trinajstić information content (AvgIpc) is 2.37. The first kappa shape index (κ1) is 17.6. The number of carbonyl (C=O) groups excluding carboxylic acids is 1. The molecule has 0 spiro atoms. The van der Waals surface area contributed by atoms with E-state index in [2.05, 4.69) is 19.2 Å². The molecule has 0 heterocycles. The lowest BCUT2D eigenvalue weighted by atomic mass is 10.0. The van der Waals surface area contributed by atoms with Gasteiger partial charge in [0, 0.05) is 15.7 Å². The highest BCUT2D eigenvalue weighted by atomic mass is 32.2. The maximum absolute atomic E-state index is 12.1. The zero-order valence-corrected chi connectivity index (χ0v) is 13.7. The van der Waals surface area contributed by atoms with Crippen molar-refractivity contribution >= 4 is 23.6 Å². The molecular formula is C16H23NO3S. The van der Waals surface area contributed by atoms with E-state index in [1.54, 1.807) is 23.9 Å². The minimum absolute atomic E-state index is 0.205. The fourth-order valence-electron chi connectivity index (χ4n) is 1.89. The van der Waals surface area contributed by atoms with Gasteiger partial charge < -0.3 is 10.4 Å². The molecule has 1 aromatic rings. The second-order valence-electron chi connectivity index (χ2n) is 5.68. The van der Waals surface area contributed by atoms with Crippen LogP contribution in [0, 0.1) is 5.92 Å². The first-order chi connectivity index (χ1) is 9.79. The third-order valence-electron chi connectivity index (χ3n) is 2.80. The van der Waals surface area contributed by atoms with Gasteiger partial charge in [0.25, 0.3) is 5.91 Å². The number of hydrogen-bond acceptors (Lipinski definition) is 3. The number of carboxylic acid groups (broad SMARTS) is 1. The maximum Gasteiger partial charge on any atom is 0.326 e. The number of nitrogens with one attached hydrogen (secondary N) is 1. The summed E-state index contributed by atoms with van der Waals surface area (Å²) in [6, 6.07) is 6.39. The molecule has 0 radical (unpaired) electrons. The van der Waals surface area contributed by atoms with Crippen LogP contribution < -0.4 is 5.32 Å². The van der Waals surface area contributed by atoms with Crippen LogP contribution >= 0.6 is 11.8 Å². The van der Waals surface area contributed by atoms with Crippen molar-refractivity contribution in [1.82, 2.24) is 5.32 Å². The molecule has 0 bridgehead atoms. The van der Waals surface area contributed by atoms with Gasteiger partial charge >= 0.3 is 5.97 Å². The van der Waals surface area contributed by atoms with Crippen molar-refractivity contribution < 1.29 is 14.7 Å². The van der Waals surface area contributed by atoms with Crippen LogP contribution in [0.4, 0.5) is 0 Å².